The molecule has 0 fully saturated rings. The van der Waals surface area contributed by atoms with Gasteiger partial charge in [0.25, 0.3) is 0 Å². The molecule has 0 spiro atoms. The van der Waals surface area contributed by atoms with E-state index < -0.39 is 0 Å². The van der Waals surface area contributed by atoms with Crippen LogP contribution in [-0.4, -0.2) is 26.1 Å². The van der Waals surface area contributed by atoms with E-state index in [1.165, 1.54) is 17.2 Å². The van der Waals surface area contributed by atoms with E-state index in [9.17, 15) is 0 Å². The zero-order chi connectivity index (χ0) is 23.9. The Bertz CT molecular complexity index is 1320. The molecule has 0 bridgehead atoms. The van der Waals surface area contributed by atoms with Crippen molar-refractivity contribution in [2.24, 2.45) is 0 Å². The van der Waals surface area contributed by atoms with Gasteiger partial charge in [-0.25, -0.2) is 0 Å². The van der Waals surface area contributed by atoms with E-state index in [2.05, 4.69) is 77.1 Å². The second-order valence-electron chi connectivity index (χ2n) is 7.85. The summed E-state index contributed by atoms with van der Waals surface area (Å²) in [5.41, 5.74) is 5.85. The third kappa shape index (κ3) is 6.18. The molecule has 4 aromatic carbocycles. The summed E-state index contributed by atoms with van der Waals surface area (Å²) in [6.45, 7) is 4.14. The van der Waals surface area contributed by atoms with Crippen LogP contribution in [0, 0.1) is 19.9 Å². The van der Waals surface area contributed by atoms with Gasteiger partial charge in [0.2, 0.25) is 0 Å². The molecule has 5 rings (SSSR count). The third-order valence-electron chi connectivity index (χ3n) is 5.27. The molecule has 1 heterocycles. The average molecular weight is 637 g/mol. The minimum Gasteiger partial charge on any atom is -0.810 e. The quantitative estimate of drug-likeness (QED) is 0.184. The number of aryl methyl sites for hydroxylation is 2. The molecule has 0 atom stereocenters. The Labute approximate surface area is 219 Å². The summed E-state index contributed by atoms with van der Waals surface area (Å²) < 4.78 is 2.09. The Hall–Kier alpha value is -3.86. The molecule has 0 unspecified atom stereocenters. The normalized spacial score (nSPS) is 10.0. The number of hydrogen-bond acceptors (Lipinski definition) is 3. The van der Waals surface area contributed by atoms with Crippen molar-refractivity contribution >= 4 is 6.21 Å². The van der Waals surface area contributed by atoms with Crippen LogP contribution in [-0.2, 0) is 20.1 Å². The van der Waals surface area contributed by atoms with E-state index in [-0.39, 0.29) is 25.9 Å². The van der Waals surface area contributed by atoms with Gasteiger partial charge in [-0.3, -0.25) is 0 Å². The molecule has 0 aliphatic heterocycles. The minimum atomic E-state index is 0. The standard InChI is InChI=1S/C22H18N3.C7H6NO.Ir/c1-16-8-12-18(13-9-16)21-23-24-22(19-14-10-17(2)11-15-19)25(21)20-6-4-3-5-7-20;8-5-6-3-1-2-4-7(6)9;/h3-14H,1-2H3;1-5,9H;/q2*-1;. The number of rotatable bonds is 4. The number of hydrogen-bond donors (Lipinski definition) is 1. The molecule has 1 aromatic heterocycles. The summed E-state index contributed by atoms with van der Waals surface area (Å²) in [5.74, 6) is 1.72. The first-order valence-electron chi connectivity index (χ1n) is 10.9. The Morgan fingerprint density at radius 2 is 1.40 bits per heavy atom. The van der Waals surface area contributed by atoms with Crippen molar-refractivity contribution in [3.8, 4) is 34.2 Å². The molecule has 0 amide bonds. The van der Waals surface area contributed by atoms with Gasteiger partial charge in [0.05, 0.1) is 5.82 Å². The maximum absolute atomic E-state index is 8.92. The van der Waals surface area contributed by atoms with Crippen LogP contribution in [0.4, 0.5) is 0 Å². The van der Waals surface area contributed by atoms with Crippen LogP contribution in [0.2, 0.25) is 0 Å². The molecule has 5 nitrogen and oxygen atoms in total. The number of para-hydroxylation sites is 2. The molecular weight excluding hydrogens is 613 g/mol. The largest absolute Gasteiger partial charge is 0.810 e. The summed E-state index contributed by atoms with van der Waals surface area (Å²) in [4.78, 5) is 0. The summed E-state index contributed by atoms with van der Waals surface area (Å²) in [6.07, 6.45) is 0.870. The van der Waals surface area contributed by atoms with Crippen molar-refractivity contribution in [1.29, 1.82) is 0 Å². The Morgan fingerprint density at radius 1 is 0.771 bits per heavy atom. The molecule has 5 aromatic rings. The summed E-state index contributed by atoms with van der Waals surface area (Å²) in [6, 6.07) is 34.5. The molecular formula is C29H24IrN4O-2. The van der Waals surface area contributed by atoms with Gasteiger partial charge in [-0.2, -0.15) is 11.3 Å². The van der Waals surface area contributed by atoms with Crippen LogP contribution in [0.25, 0.3) is 33.9 Å². The van der Waals surface area contributed by atoms with Crippen LogP contribution in [0.5, 0.6) is 5.75 Å². The Morgan fingerprint density at radius 3 is 2.00 bits per heavy atom. The molecule has 0 aliphatic rings. The molecule has 0 saturated heterocycles. The van der Waals surface area contributed by atoms with Gasteiger partial charge in [-0.05, 0) is 30.7 Å². The van der Waals surface area contributed by atoms with E-state index in [0.29, 0.717) is 5.56 Å². The summed E-state index contributed by atoms with van der Waals surface area (Å²) >= 11 is 0. The first-order chi connectivity index (χ1) is 16.6. The van der Waals surface area contributed by atoms with Crippen LogP contribution in [0.15, 0.2) is 97.1 Å². The number of nitrogens with zero attached hydrogens (tertiary/aromatic N) is 4. The van der Waals surface area contributed by atoms with Crippen LogP contribution in [0.3, 0.4) is 0 Å². The minimum absolute atomic E-state index is 0. The van der Waals surface area contributed by atoms with Crippen LogP contribution < -0.4 is 0 Å². The van der Waals surface area contributed by atoms with Crippen molar-refractivity contribution < 1.29 is 25.2 Å². The topological polar surface area (TPSA) is 73.2 Å². The third-order valence-corrected chi connectivity index (χ3v) is 5.27. The zero-order valence-electron chi connectivity index (χ0n) is 19.4. The number of phenols is 1. The molecule has 0 saturated carbocycles. The fourth-order valence-corrected chi connectivity index (χ4v) is 3.41. The maximum atomic E-state index is 8.92. The van der Waals surface area contributed by atoms with Gasteiger partial charge in [-0.1, -0.05) is 73.2 Å². The van der Waals surface area contributed by atoms with Crippen LogP contribution in [0.1, 0.15) is 16.7 Å². The zero-order valence-corrected chi connectivity index (χ0v) is 21.8. The molecule has 177 valence electrons. The monoisotopic (exact) mass is 637 g/mol. The number of phenolic OH excluding ortho intramolecular Hbond substituents is 1. The second-order valence-corrected chi connectivity index (χ2v) is 7.85. The molecule has 0 aliphatic carbocycles. The van der Waals surface area contributed by atoms with E-state index >= 15 is 0 Å². The van der Waals surface area contributed by atoms with E-state index in [1.807, 2.05) is 30.3 Å². The molecule has 35 heavy (non-hydrogen) atoms. The maximum Gasteiger partial charge on any atom is 0.159 e. The van der Waals surface area contributed by atoms with Crippen molar-refractivity contribution in [1.82, 2.24) is 14.8 Å². The Kier molecular flexibility index (Phi) is 8.85. The number of benzene rings is 4. The summed E-state index contributed by atoms with van der Waals surface area (Å²) in [7, 11) is 0. The predicted molar refractivity (Wildman–Crippen MR) is 137 cm³/mol. The van der Waals surface area contributed by atoms with E-state index in [0.717, 1.165) is 34.7 Å². The fourth-order valence-electron chi connectivity index (χ4n) is 3.41. The predicted octanol–water partition coefficient (Wildman–Crippen LogP) is 6.40. The first kappa shape index (κ1) is 25.8. The van der Waals surface area contributed by atoms with Gasteiger partial charge in [0.15, 0.2) is 5.82 Å². The second kappa shape index (κ2) is 12.0. The van der Waals surface area contributed by atoms with Gasteiger partial charge < -0.3 is 15.1 Å². The Balaban J connectivity index is 0.000000291. The van der Waals surface area contributed by atoms with E-state index in [1.54, 1.807) is 18.2 Å². The smallest absolute Gasteiger partial charge is 0.159 e. The number of aromatic hydroxyl groups is 1. The molecule has 1 radical (unpaired) electrons. The van der Waals surface area contributed by atoms with Gasteiger partial charge >= 0.3 is 0 Å². The van der Waals surface area contributed by atoms with Gasteiger partial charge in [0, 0.05) is 31.4 Å². The van der Waals surface area contributed by atoms with Crippen LogP contribution >= 0.6 is 0 Å². The number of aromatic nitrogens is 3. The fraction of sp³-hybridized carbons (Fsp3) is 0.0690. The molecule has 6 heteroatoms. The van der Waals surface area contributed by atoms with Crippen molar-refractivity contribution in [3.63, 3.8) is 0 Å². The van der Waals surface area contributed by atoms with Crippen molar-refractivity contribution in [2.75, 3.05) is 0 Å². The van der Waals surface area contributed by atoms with Crippen molar-refractivity contribution in [2.45, 2.75) is 13.8 Å². The van der Waals surface area contributed by atoms with E-state index in [4.69, 9.17) is 10.5 Å². The average Bonchev–Trinajstić information content (AvgIpc) is 3.31. The van der Waals surface area contributed by atoms with Gasteiger partial charge in [0.1, 0.15) is 5.75 Å². The summed E-state index contributed by atoms with van der Waals surface area (Å²) in [5, 5.41) is 26.3. The van der Waals surface area contributed by atoms with Crippen molar-refractivity contribution in [3.05, 3.63) is 125 Å². The SMILES string of the molecule is Cc1c[c-]c(-c2nnc(-c3ccc(C)cc3)n2-c2ccccc2)cc1.[Ir].[N-]=Cc1ccccc1O. The van der Waals surface area contributed by atoms with Gasteiger partial charge in [-0.15, -0.1) is 40.5 Å². The molecule has 1 N–H and O–H groups in total. The first-order valence-corrected chi connectivity index (χ1v) is 10.9.